The molecule has 2 aliphatic rings. The minimum atomic E-state index is -0.273. The number of amides is 1. The summed E-state index contributed by atoms with van der Waals surface area (Å²) in [6.07, 6.45) is 13.4. The Hall–Kier alpha value is -4.07. The van der Waals surface area contributed by atoms with E-state index < -0.39 is 0 Å². The van der Waals surface area contributed by atoms with Crippen molar-refractivity contribution in [2.45, 2.75) is 45.7 Å². The van der Waals surface area contributed by atoms with E-state index in [4.69, 9.17) is 0 Å². The standard InChI is InChI=1S/C27H29N7O/c1-19(26-32-31-25-11-4-6-14-34(25)26)8-7-9-20(2)30-27(35)23-16-22-18-33(15-12-21(22)17-29-23)24-10-3-5-13-28-24/h3,5,7-10,13,16-17H,2,4,6,11-12,14-15,18H2,1H3,(H,30,35)/b9-7-,19-8+. The lowest BCUT2D eigenvalue weighted by Crippen LogP contribution is -2.32. The highest BCUT2D eigenvalue weighted by Crippen LogP contribution is 2.23. The molecule has 3 aromatic heterocycles. The van der Waals surface area contributed by atoms with Gasteiger partial charge in [0.1, 0.15) is 17.3 Å². The van der Waals surface area contributed by atoms with E-state index in [0.29, 0.717) is 17.9 Å². The molecule has 0 aliphatic carbocycles. The number of carbonyl (C=O) groups is 1. The molecule has 1 N–H and O–H groups in total. The third kappa shape index (κ3) is 5.06. The lowest BCUT2D eigenvalue weighted by molar-refractivity contribution is 0.0962. The monoisotopic (exact) mass is 467 g/mol. The number of hydrogen-bond acceptors (Lipinski definition) is 6. The first-order valence-corrected chi connectivity index (χ1v) is 12.0. The van der Waals surface area contributed by atoms with Gasteiger partial charge in [-0.15, -0.1) is 10.2 Å². The lowest BCUT2D eigenvalue weighted by atomic mass is 10.0. The first-order valence-electron chi connectivity index (χ1n) is 12.0. The summed E-state index contributed by atoms with van der Waals surface area (Å²) in [7, 11) is 0. The van der Waals surface area contributed by atoms with Gasteiger partial charge in [0.05, 0.1) is 0 Å². The van der Waals surface area contributed by atoms with Gasteiger partial charge in [0.15, 0.2) is 5.82 Å². The maximum atomic E-state index is 12.8. The smallest absolute Gasteiger partial charge is 0.274 e. The van der Waals surface area contributed by atoms with E-state index in [1.54, 1.807) is 12.3 Å². The van der Waals surface area contributed by atoms with Crippen LogP contribution in [0.3, 0.4) is 0 Å². The van der Waals surface area contributed by atoms with Gasteiger partial charge in [-0.25, -0.2) is 4.98 Å². The molecule has 0 spiro atoms. The van der Waals surface area contributed by atoms with Gasteiger partial charge in [0, 0.05) is 44.1 Å². The minimum absolute atomic E-state index is 0.273. The molecule has 35 heavy (non-hydrogen) atoms. The summed E-state index contributed by atoms with van der Waals surface area (Å²) in [6, 6.07) is 7.77. The minimum Gasteiger partial charge on any atom is -0.352 e. The van der Waals surface area contributed by atoms with E-state index in [9.17, 15) is 4.79 Å². The first-order chi connectivity index (χ1) is 17.1. The first kappa shape index (κ1) is 22.7. The molecular weight excluding hydrogens is 438 g/mol. The zero-order valence-corrected chi connectivity index (χ0v) is 19.9. The molecule has 0 bridgehead atoms. The summed E-state index contributed by atoms with van der Waals surface area (Å²) in [5.74, 6) is 2.62. The van der Waals surface area contributed by atoms with Gasteiger partial charge in [0.2, 0.25) is 0 Å². The maximum absolute atomic E-state index is 12.8. The Balaban J connectivity index is 1.21. The Bertz CT molecular complexity index is 1310. The molecule has 0 fully saturated rings. The molecule has 8 heteroatoms. The summed E-state index contributed by atoms with van der Waals surface area (Å²) in [4.78, 5) is 23.9. The molecule has 0 unspecified atom stereocenters. The van der Waals surface area contributed by atoms with Crippen molar-refractivity contribution in [1.82, 2.24) is 30.0 Å². The van der Waals surface area contributed by atoms with Gasteiger partial charge >= 0.3 is 0 Å². The van der Waals surface area contributed by atoms with Gasteiger partial charge in [-0.05, 0) is 67.2 Å². The summed E-state index contributed by atoms with van der Waals surface area (Å²) >= 11 is 0. The molecule has 5 heterocycles. The van der Waals surface area contributed by atoms with Gasteiger partial charge in [0.25, 0.3) is 5.91 Å². The Labute approximate surface area is 205 Å². The maximum Gasteiger partial charge on any atom is 0.274 e. The highest BCUT2D eigenvalue weighted by Gasteiger charge is 2.20. The number of carbonyl (C=O) groups excluding carboxylic acids is 1. The number of allylic oxidation sites excluding steroid dienone is 4. The van der Waals surface area contributed by atoms with E-state index in [-0.39, 0.29) is 5.91 Å². The number of anilines is 1. The fourth-order valence-corrected chi connectivity index (χ4v) is 4.53. The van der Waals surface area contributed by atoms with Crippen LogP contribution in [0, 0.1) is 0 Å². The van der Waals surface area contributed by atoms with Crippen LogP contribution in [0.15, 0.2) is 67.2 Å². The Kier molecular flexibility index (Phi) is 6.52. The van der Waals surface area contributed by atoms with Crippen molar-refractivity contribution < 1.29 is 4.79 Å². The molecule has 0 aromatic carbocycles. The molecule has 1 amide bonds. The van der Waals surface area contributed by atoms with Crippen LogP contribution in [0.1, 0.15) is 53.0 Å². The van der Waals surface area contributed by atoms with Crippen molar-refractivity contribution in [1.29, 1.82) is 0 Å². The van der Waals surface area contributed by atoms with Gasteiger partial charge in [-0.1, -0.05) is 24.8 Å². The number of aromatic nitrogens is 5. The van der Waals surface area contributed by atoms with Crippen LogP contribution >= 0.6 is 0 Å². The lowest BCUT2D eigenvalue weighted by Gasteiger charge is -2.29. The number of aryl methyl sites for hydroxylation is 1. The van der Waals surface area contributed by atoms with Crippen molar-refractivity contribution in [2.75, 3.05) is 11.4 Å². The van der Waals surface area contributed by atoms with Crippen LogP contribution < -0.4 is 10.2 Å². The van der Waals surface area contributed by atoms with Crippen LogP contribution in [0.2, 0.25) is 0 Å². The normalized spacial score (nSPS) is 15.6. The summed E-state index contributed by atoms with van der Waals surface area (Å²) in [5.41, 5.74) is 4.16. The second kappa shape index (κ2) is 10.0. The highest BCUT2D eigenvalue weighted by atomic mass is 16.1. The van der Waals surface area contributed by atoms with Crippen LogP contribution in [-0.4, -0.2) is 37.2 Å². The quantitative estimate of drug-likeness (QED) is 0.554. The SMILES string of the molecule is C=C(/C=C\C=C(/C)c1nnc2n1CCCC2)NC(=O)c1cc2c(cn1)CCN(c1ccccn1)C2. The molecule has 3 aromatic rings. The van der Waals surface area contributed by atoms with Gasteiger partial charge < -0.3 is 14.8 Å². The number of hydrogen-bond donors (Lipinski definition) is 1. The topological polar surface area (TPSA) is 88.8 Å². The molecule has 0 saturated heterocycles. The zero-order valence-electron chi connectivity index (χ0n) is 19.9. The fourth-order valence-electron chi connectivity index (χ4n) is 4.53. The third-order valence-electron chi connectivity index (χ3n) is 6.43. The number of nitrogens with one attached hydrogen (secondary N) is 1. The van der Waals surface area contributed by atoms with Gasteiger partial charge in [-0.3, -0.25) is 9.78 Å². The van der Waals surface area contributed by atoms with E-state index in [0.717, 1.165) is 61.0 Å². The summed E-state index contributed by atoms with van der Waals surface area (Å²) in [6.45, 7) is 8.52. The molecule has 178 valence electrons. The fraction of sp³-hybridized carbons (Fsp3) is 0.296. The molecule has 0 saturated carbocycles. The van der Waals surface area contributed by atoms with E-state index in [1.807, 2.05) is 49.5 Å². The van der Waals surface area contributed by atoms with Crippen molar-refractivity contribution in [3.05, 3.63) is 95.6 Å². The average Bonchev–Trinajstić information content (AvgIpc) is 3.33. The second-order valence-corrected chi connectivity index (χ2v) is 8.93. The zero-order chi connectivity index (χ0) is 24.2. The highest BCUT2D eigenvalue weighted by molar-refractivity contribution is 5.93. The Morgan fingerprint density at radius 1 is 1.11 bits per heavy atom. The van der Waals surface area contributed by atoms with E-state index in [1.165, 1.54) is 12.0 Å². The largest absolute Gasteiger partial charge is 0.352 e. The van der Waals surface area contributed by atoms with Crippen LogP contribution in [0.25, 0.3) is 5.57 Å². The third-order valence-corrected chi connectivity index (χ3v) is 6.43. The van der Waals surface area contributed by atoms with Crippen molar-refractivity contribution in [2.24, 2.45) is 0 Å². The van der Waals surface area contributed by atoms with Crippen LogP contribution in [0.4, 0.5) is 5.82 Å². The van der Waals surface area contributed by atoms with Gasteiger partial charge in [-0.2, -0.15) is 0 Å². The Morgan fingerprint density at radius 3 is 2.89 bits per heavy atom. The number of fused-ring (bicyclic) bond motifs is 2. The van der Waals surface area contributed by atoms with Crippen molar-refractivity contribution in [3.8, 4) is 0 Å². The molecule has 5 rings (SSSR count). The summed E-state index contributed by atoms with van der Waals surface area (Å²) < 4.78 is 2.19. The number of pyridine rings is 2. The van der Waals surface area contributed by atoms with Crippen molar-refractivity contribution in [3.63, 3.8) is 0 Å². The molecular formula is C27H29N7O. The van der Waals surface area contributed by atoms with Crippen LogP contribution in [-0.2, 0) is 25.9 Å². The predicted octanol–water partition coefficient (Wildman–Crippen LogP) is 3.87. The van der Waals surface area contributed by atoms with E-state index >= 15 is 0 Å². The average molecular weight is 468 g/mol. The molecule has 0 atom stereocenters. The number of rotatable bonds is 6. The molecule has 8 nitrogen and oxygen atoms in total. The second-order valence-electron chi connectivity index (χ2n) is 8.93. The number of nitrogens with zero attached hydrogens (tertiary/aromatic N) is 6. The van der Waals surface area contributed by atoms with Crippen LogP contribution in [0.5, 0.6) is 0 Å². The van der Waals surface area contributed by atoms with Crippen molar-refractivity contribution >= 4 is 17.3 Å². The predicted molar refractivity (Wildman–Crippen MR) is 136 cm³/mol. The summed E-state index contributed by atoms with van der Waals surface area (Å²) in [5, 5.41) is 11.5. The molecule has 2 aliphatic heterocycles. The Morgan fingerprint density at radius 2 is 2.03 bits per heavy atom. The molecule has 0 radical (unpaired) electrons. The van der Waals surface area contributed by atoms with E-state index in [2.05, 4.69) is 41.5 Å².